The fourth-order valence-corrected chi connectivity index (χ4v) is 12.9. The number of hydrogen-bond acceptors (Lipinski definition) is 5. The van der Waals surface area contributed by atoms with E-state index in [1.54, 1.807) is 6.08 Å². The average molecular weight is 1320 g/mol. The van der Waals surface area contributed by atoms with Crippen molar-refractivity contribution in [2.45, 2.75) is 405 Å². The van der Waals surface area contributed by atoms with Crippen molar-refractivity contribution in [3.63, 3.8) is 0 Å². The number of allylic oxidation sites excluding steroid dienone is 13. The van der Waals surface area contributed by atoms with E-state index in [9.17, 15) is 19.4 Å². The SMILES string of the molecule is CC/C=C\C/C=C\C/C=C\C/C=C\CCCCCCCCCCCCCCCCCCCCCCCCCCCCCCC(=O)NC(COP(=O)(O)OCC[N+](C)(C)C)C(O)/C=C/CC/C=C/CC/C=C/CCCCCCCCCCCCCCCCCCCCCC. The van der Waals surface area contributed by atoms with Gasteiger partial charge < -0.3 is 19.8 Å². The first-order valence-corrected chi connectivity index (χ1v) is 42.0. The highest BCUT2D eigenvalue weighted by molar-refractivity contribution is 7.47. The third-order valence-electron chi connectivity index (χ3n) is 18.3. The molecule has 0 aromatic carbocycles. The van der Waals surface area contributed by atoms with Crippen molar-refractivity contribution >= 4 is 13.7 Å². The number of amides is 1. The first-order chi connectivity index (χ1) is 45.5. The van der Waals surface area contributed by atoms with Crippen LogP contribution in [0.4, 0.5) is 0 Å². The summed E-state index contributed by atoms with van der Waals surface area (Å²) < 4.78 is 23.9. The smallest absolute Gasteiger partial charge is 0.387 e. The fourth-order valence-electron chi connectivity index (χ4n) is 12.1. The lowest BCUT2D eigenvalue weighted by Gasteiger charge is -2.25. The number of likely N-dealkylation sites (N-methyl/N-ethyl adjacent to an activating group) is 1. The zero-order valence-corrected chi connectivity index (χ0v) is 63.4. The van der Waals surface area contributed by atoms with Gasteiger partial charge in [-0.25, -0.2) is 4.57 Å². The Morgan fingerprint density at radius 3 is 0.989 bits per heavy atom. The summed E-state index contributed by atoms with van der Waals surface area (Å²) in [6.07, 6.45) is 107. The van der Waals surface area contributed by atoms with Crippen molar-refractivity contribution in [2.75, 3.05) is 40.9 Å². The van der Waals surface area contributed by atoms with Crippen LogP contribution in [-0.2, 0) is 18.4 Å². The number of carbonyl (C=O) groups excluding carboxylic acids is 1. The van der Waals surface area contributed by atoms with Crippen LogP contribution in [0.5, 0.6) is 0 Å². The van der Waals surface area contributed by atoms with E-state index < -0.39 is 20.0 Å². The number of aliphatic hydroxyl groups excluding tert-OH is 1. The molecule has 1 amide bonds. The number of hydrogen-bond donors (Lipinski definition) is 3. The van der Waals surface area contributed by atoms with Crippen molar-refractivity contribution in [3.8, 4) is 0 Å². The molecule has 0 aliphatic rings. The molecule has 0 aromatic rings. The Morgan fingerprint density at radius 1 is 0.376 bits per heavy atom. The van der Waals surface area contributed by atoms with Crippen LogP contribution in [0, 0.1) is 0 Å². The Hall–Kier alpha value is -2.32. The van der Waals surface area contributed by atoms with Crippen LogP contribution in [-0.4, -0.2) is 73.4 Å². The van der Waals surface area contributed by atoms with E-state index in [-0.39, 0.29) is 19.1 Å². The molecule has 544 valence electrons. The summed E-state index contributed by atoms with van der Waals surface area (Å²) in [6, 6.07) is -0.873. The lowest BCUT2D eigenvalue weighted by molar-refractivity contribution is -0.870. The van der Waals surface area contributed by atoms with Gasteiger partial charge in [0.2, 0.25) is 5.91 Å². The maximum Gasteiger partial charge on any atom is 0.472 e. The van der Waals surface area contributed by atoms with E-state index in [2.05, 4.69) is 92.1 Å². The van der Waals surface area contributed by atoms with Gasteiger partial charge in [0, 0.05) is 6.42 Å². The molecule has 0 saturated carbocycles. The van der Waals surface area contributed by atoms with Crippen LogP contribution in [0.3, 0.4) is 0 Å². The second kappa shape index (κ2) is 73.9. The molecule has 93 heavy (non-hydrogen) atoms. The van der Waals surface area contributed by atoms with Crippen LogP contribution in [0.15, 0.2) is 85.1 Å². The second-order valence-electron chi connectivity index (χ2n) is 28.7. The van der Waals surface area contributed by atoms with E-state index in [1.165, 1.54) is 302 Å². The number of nitrogens with one attached hydrogen (secondary N) is 1. The summed E-state index contributed by atoms with van der Waals surface area (Å²) in [7, 11) is 1.56. The van der Waals surface area contributed by atoms with Crippen molar-refractivity contribution in [1.29, 1.82) is 0 Å². The largest absolute Gasteiger partial charge is 0.472 e. The van der Waals surface area contributed by atoms with Crippen molar-refractivity contribution < 1.29 is 32.9 Å². The maximum atomic E-state index is 13.1. The van der Waals surface area contributed by atoms with E-state index in [1.807, 2.05) is 27.2 Å². The number of nitrogens with zero attached hydrogens (tertiary/aromatic N) is 1. The van der Waals surface area contributed by atoms with Gasteiger partial charge in [-0.05, 0) is 83.5 Å². The molecule has 0 spiro atoms. The standard InChI is InChI=1S/C84H157N2O6P/c1-6-8-10-12-14-16-18-20-22-24-26-28-30-32-34-36-38-39-40-41-42-43-44-45-46-47-48-50-52-54-56-58-60-62-64-66-68-70-72-74-76-78-84(88)85-82(81-92-93(89,90)91-80-79-86(3,4)5)83(87)77-75-73-71-69-67-65-63-61-59-57-55-53-51-49-37-35-33-31-29-27-25-23-21-19-17-15-13-11-9-7-2/h8,10,14,16,20,22,26,28,59,61,67,69,75,77,82-83,87H,6-7,9,11-13,15,17-19,21,23-25,27,29-58,60,62-66,68,70-74,76,78-81H2,1-5H3,(H-,85,88,89,90)/p+1/b10-8-,16-14-,22-20-,28-26-,61-59+,69-67+,77-75+. The van der Waals surface area contributed by atoms with Crippen LogP contribution in [0.2, 0.25) is 0 Å². The molecule has 0 aliphatic carbocycles. The van der Waals surface area contributed by atoms with Gasteiger partial charge in [0.25, 0.3) is 0 Å². The minimum atomic E-state index is -4.37. The number of unbranched alkanes of at least 4 members (excludes halogenated alkanes) is 50. The molecule has 3 unspecified atom stereocenters. The maximum absolute atomic E-state index is 13.1. The lowest BCUT2D eigenvalue weighted by atomic mass is 10.0. The van der Waals surface area contributed by atoms with Gasteiger partial charge in [-0.15, -0.1) is 0 Å². The topological polar surface area (TPSA) is 105 Å². The Labute approximate surface area is 579 Å². The summed E-state index contributed by atoms with van der Waals surface area (Å²) >= 11 is 0. The molecule has 3 atom stereocenters. The Kier molecular flexibility index (Phi) is 72.1. The average Bonchev–Trinajstić information content (AvgIpc) is 2.75. The third-order valence-corrected chi connectivity index (χ3v) is 19.3. The van der Waals surface area contributed by atoms with Crippen LogP contribution in [0.25, 0.3) is 0 Å². The summed E-state index contributed by atoms with van der Waals surface area (Å²) in [6.45, 7) is 4.73. The first kappa shape index (κ1) is 90.7. The Balaban J connectivity index is 3.97. The number of rotatable bonds is 75. The minimum absolute atomic E-state index is 0.0535. The molecule has 8 nitrogen and oxygen atoms in total. The van der Waals surface area contributed by atoms with Gasteiger partial charge in [-0.2, -0.15) is 0 Å². The van der Waals surface area contributed by atoms with Gasteiger partial charge in [0.05, 0.1) is 39.9 Å². The summed E-state index contributed by atoms with van der Waals surface area (Å²) in [5, 5.41) is 14.0. The highest BCUT2D eigenvalue weighted by atomic mass is 31.2. The Bertz CT molecular complexity index is 1800. The normalized spacial score (nSPS) is 13.9. The predicted molar refractivity (Wildman–Crippen MR) is 410 cm³/mol. The molecule has 0 bridgehead atoms. The van der Waals surface area contributed by atoms with E-state index >= 15 is 0 Å². The zero-order valence-electron chi connectivity index (χ0n) is 62.5. The molecule has 3 N–H and O–H groups in total. The zero-order chi connectivity index (χ0) is 67.6. The van der Waals surface area contributed by atoms with Crippen LogP contribution < -0.4 is 5.32 Å². The molecular weight excluding hydrogens is 1160 g/mol. The fraction of sp³-hybridized carbons (Fsp3) is 0.821. The van der Waals surface area contributed by atoms with Gasteiger partial charge in [0.15, 0.2) is 0 Å². The molecule has 9 heteroatoms. The minimum Gasteiger partial charge on any atom is -0.387 e. The molecule has 0 rings (SSSR count). The molecule has 0 radical (unpaired) electrons. The Morgan fingerprint density at radius 2 is 0.656 bits per heavy atom. The number of quaternary nitrogens is 1. The molecular formula is C84H158N2O6P+. The number of phosphoric ester groups is 1. The predicted octanol–water partition coefficient (Wildman–Crippen LogP) is 26.6. The number of phosphoric acid groups is 1. The van der Waals surface area contributed by atoms with Crippen molar-refractivity contribution in [1.82, 2.24) is 5.32 Å². The lowest BCUT2D eigenvalue weighted by Crippen LogP contribution is -2.45. The molecule has 0 fully saturated rings. The third kappa shape index (κ3) is 76.9. The number of carbonyl (C=O) groups is 1. The van der Waals surface area contributed by atoms with E-state index in [4.69, 9.17) is 9.05 Å². The summed E-state index contributed by atoms with van der Waals surface area (Å²) in [5.74, 6) is -0.184. The molecule has 0 aliphatic heterocycles. The molecule has 0 aromatic heterocycles. The highest BCUT2D eigenvalue weighted by Crippen LogP contribution is 2.43. The van der Waals surface area contributed by atoms with Gasteiger partial charge >= 0.3 is 7.82 Å². The quantitative estimate of drug-likeness (QED) is 0.0243. The highest BCUT2D eigenvalue weighted by Gasteiger charge is 2.28. The van der Waals surface area contributed by atoms with E-state index in [0.717, 1.165) is 70.6 Å². The summed E-state index contributed by atoms with van der Waals surface area (Å²) in [4.78, 5) is 23.5. The second-order valence-corrected chi connectivity index (χ2v) is 30.2. The summed E-state index contributed by atoms with van der Waals surface area (Å²) in [5.41, 5.74) is 0. The van der Waals surface area contributed by atoms with E-state index in [0.29, 0.717) is 17.4 Å². The molecule has 0 saturated heterocycles. The monoisotopic (exact) mass is 1320 g/mol. The van der Waals surface area contributed by atoms with Gasteiger partial charge in [-0.1, -0.05) is 388 Å². The van der Waals surface area contributed by atoms with Crippen LogP contribution >= 0.6 is 7.82 Å². The first-order valence-electron chi connectivity index (χ1n) is 40.5. The van der Waals surface area contributed by atoms with Crippen molar-refractivity contribution in [3.05, 3.63) is 85.1 Å². The number of aliphatic hydroxyl groups is 1. The van der Waals surface area contributed by atoms with Gasteiger partial charge in [0.1, 0.15) is 13.2 Å². The van der Waals surface area contributed by atoms with Crippen molar-refractivity contribution in [2.24, 2.45) is 0 Å². The van der Waals surface area contributed by atoms with Gasteiger partial charge in [-0.3, -0.25) is 13.8 Å². The van der Waals surface area contributed by atoms with Crippen LogP contribution in [0.1, 0.15) is 393 Å². The molecule has 0 heterocycles.